The summed E-state index contributed by atoms with van der Waals surface area (Å²) in [6, 6.07) is 12.4. The molecule has 1 N–H and O–H groups in total. The summed E-state index contributed by atoms with van der Waals surface area (Å²) < 4.78 is 7.39. The summed E-state index contributed by atoms with van der Waals surface area (Å²) in [6.45, 7) is 4.46. The maximum atomic E-state index is 12.3. The first-order chi connectivity index (χ1) is 12.3. The Morgan fingerprint density at radius 3 is 2.88 bits per heavy atom. The molecule has 0 bridgehead atoms. The second-order valence-electron chi connectivity index (χ2n) is 5.18. The number of carbonyl (C=O) groups is 1. The van der Waals surface area contributed by atoms with E-state index in [4.69, 9.17) is 4.74 Å². The molecular weight excluding hydrogens is 318 g/mol. The fourth-order valence-electron chi connectivity index (χ4n) is 2.15. The van der Waals surface area contributed by atoms with Crippen molar-refractivity contribution in [1.82, 2.24) is 20.0 Å². The number of nitrogens with zero attached hydrogens (tertiary/aromatic N) is 4. The Hall–Kier alpha value is -3.48. The van der Waals surface area contributed by atoms with Gasteiger partial charge < -0.3 is 10.1 Å². The number of allylic oxidation sites excluding steroid dienone is 1. The zero-order chi connectivity index (χ0) is 17.5. The van der Waals surface area contributed by atoms with Crippen LogP contribution in [0.15, 0.2) is 67.5 Å². The van der Waals surface area contributed by atoms with Gasteiger partial charge in [0.1, 0.15) is 12.3 Å². The van der Waals surface area contributed by atoms with Gasteiger partial charge in [-0.2, -0.15) is 0 Å². The molecule has 25 heavy (non-hydrogen) atoms. The van der Waals surface area contributed by atoms with Crippen molar-refractivity contribution in [1.29, 1.82) is 0 Å². The number of hydrogen-bond donors (Lipinski definition) is 1. The zero-order valence-corrected chi connectivity index (χ0v) is 13.5. The predicted octanol–water partition coefficient (Wildman–Crippen LogP) is 2.69. The first-order valence-electron chi connectivity index (χ1n) is 7.70. The highest BCUT2D eigenvalue weighted by molar-refractivity contribution is 6.04. The van der Waals surface area contributed by atoms with Crippen LogP contribution in [0.5, 0.6) is 5.75 Å². The molecule has 0 unspecified atom stereocenters. The van der Waals surface area contributed by atoms with Gasteiger partial charge in [0.15, 0.2) is 11.6 Å². The second kappa shape index (κ2) is 7.87. The lowest BCUT2D eigenvalue weighted by Crippen LogP contribution is -2.14. The molecule has 0 saturated carbocycles. The molecule has 0 aliphatic carbocycles. The Morgan fingerprint density at radius 2 is 2.08 bits per heavy atom. The van der Waals surface area contributed by atoms with Gasteiger partial charge in [0.05, 0.1) is 12.7 Å². The number of benzene rings is 1. The molecule has 1 aromatic carbocycles. The van der Waals surface area contributed by atoms with Crippen molar-refractivity contribution in [3.63, 3.8) is 0 Å². The number of rotatable bonds is 7. The van der Waals surface area contributed by atoms with E-state index in [0.717, 1.165) is 0 Å². The van der Waals surface area contributed by atoms with E-state index in [1.54, 1.807) is 59.5 Å². The Morgan fingerprint density at radius 1 is 1.24 bits per heavy atom. The highest BCUT2D eigenvalue weighted by atomic mass is 16.5. The molecule has 0 aliphatic rings. The average Bonchev–Trinajstić information content (AvgIpc) is 3.09. The third-order valence-electron chi connectivity index (χ3n) is 3.32. The SMILES string of the molecule is C=CCn1cc(COc2cccnc2NC(=O)c2ccccc2)nn1. The average molecular weight is 335 g/mol. The lowest BCUT2D eigenvalue weighted by molar-refractivity contribution is 0.102. The van der Waals surface area contributed by atoms with Gasteiger partial charge >= 0.3 is 0 Å². The van der Waals surface area contributed by atoms with Crippen molar-refractivity contribution in [2.75, 3.05) is 5.32 Å². The van der Waals surface area contributed by atoms with Crippen LogP contribution in [0.1, 0.15) is 16.1 Å². The van der Waals surface area contributed by atoms with Gasteiger partial charge in [0.25, 0.3) is 5.91 Å². The molecule has 1 amide bonds. The Balaban J connectivity index is 1.68. The number of anilines is 1. The number of aromatic nitrogens is 4. The van der Waals surface area contributed by atoms with Crippen LogP contribution in [0.2, 0.25) is 0 Å². The third kappa shape index (κ3) is 4.29. The van der Waals surface area contributed by atoms with Crippen LogP contribution >= 0.6 is 0 Å². The van der Waals surface area contributed by atoms with Crippen LogP contribution in [0.4, 0.5) is 5.82 Å². The molecule has 0 saturated heterocycles. The smallest absolute Gasteiger partial charge is 0.256 e. The summed E-state index contributed by atoms with van der Waals surface area (Å²) >= 11 is 0. The fourth-order valence-corrected chi connectivity index (χ4v) is 2.15. The molecule has 0 atom stereocenters. The highest BCUT2D eigenvalue weighted by Crippen LogP contribution is 2.22. The van der Waals surface area contributed by atoms with Crippen molar-refractivity contribution in [3.05, 3.63) is 78.8 Å². The molecule has 0 radical (unpaired) electrons. The van der Waals surface area contributed by atoms with Crippen LogP contribution in [0.25, 0.3) is 0 Å². The van der Waals surface area contributed by atoms with Gasteiger partial charge in [-0.05, 0) is 24.3 Å². The molecular formula is C18H17N5O2. The molecule has 2 aromatic heterocycles. The van der Waals surface area contributed by atoms with Gasteiger partial charge in [0, 0.05) is 11.8 Å². The first kappa shape index (κ1) is 16.4. The van der Waals surface area contributed by atoms with E-state index in [9.17, 15) is 4.79 Å². The standard InChI is InChI=1S/C18H17N5O2/c1-2-11-23-12-15(21-22-23)13-25-16-9-6-10-19-17(16)20-18(24)14-7-4-3-5-8-14/h2-10,12H,1,11,13H2,(H,19,20,24). The van der Waals surface area contributed by atoms with E-state index in [0.29, 0.717) is 29.4 Å². The Labute approximate surface area is 145 Å². The second-order valence-corrected chi connectivity index (χ2v) is 5.18. The van der Waals surface area contributed by atoms with Crippen LogP contribution in [-0.2, 0) is 13.2 Å². The number of ether oxygens (including phenoxy) is 1. The minimum Gasteiger partial charge on any atom is -0.483 e. The summed E-state index contributed by atoms with van der Waals surface area (Å²) in [5, 5.41) is 10.7. The molecule has 126 valence electrons. The highest BCUT2D eigenvalue weighted by Gasteiger charge is 2.11. The van der Waals surface area contributed by atoms with Crippen molar-refractivity contribution >= 4 is 11.7 Å². The maximum absolute atomic E-state index is 12.3. The van der Waals surface area contributed by atoms with Crippen LogP contribution < -0.4 is 10.1 Å². The van der Waals surface area contributed by atoms with Crippen molar-refractivity contribution in [2.45, 2.75) is 13.2 Å². The third-order valence-corrected chi connectivity index (χ3v) is 3.32. The van der Waals surface area contributed by atoms with Gasteiger partial charge in [-0.15, -0.1) is 11.7 Å². The number of pyridine rings is 1. The minimum atomic E-state index is -0.249. The first-order valence-corrected chi connectivity index (χ1v) is 7.70. The number of amides is 1. The molecule has 7 heteroatoms. The summed E-state index contributed by atoms with van der Waals surface area (Å²) in [5.41, 5.74) is 1.22. The van der Waals surface area contributed by atoms with Crippen LogP contribution in [0.3, 0.4) is 0 Å². The Kier molecular flexibility index (Phi) is 5.16. The summed E-state index contributed by atoms with van der Waals surface area (Å²) in [7, 11) is 0. The van der Waals surface area contributed by atoms with Crippen LogP contribution in [-0.4, -0.2) is 25.9 Å². The van der Waals surface area contributed by atoms with Crippen molar-refractivity contribution in [3.8, 4) is 5.75 Å². The number of nitrogens with one attached hydrogen (secondary N) is 1. The predicted molar refractivity (Wildman–Crippen MR) is 93.2 cm³/mol. The quantitative estimate of drug-likeness (QED) is 0.671. The summed E-state index contributed by atoms with van der Waals surface area (Å²) in [4.78, 5) is 16.5. The maximum Gasteiger partial charge on any atom is 0.256 e. The molecule has 0 aliphatic heterocycles. The van der Waals surface area contributed by atoms with E-state index >= 15 is 0 Å². The summed E-state index contributed by atoms with van der Waals surface area (Å²) in [6.07, 6.45) is 5.10. The Bertz CT molecular complexity index is 861. The van der Waals surface area contributed by atoms with E-state index in [1.165, 1.54) is 0 Å². The zero-order valence-electron chi connectivity index (χ0n) is 13.5. The lowest BCUT2D eigenvalue weighted by Gasteiger charge is -2.10. The van der Waals surface area contributed by atoms with E-state index < -0.39 is 0 Å². The molecule has 3 aromatic rings. The summed E-state index contributed by atoms with van der Waals surface area (Å²) in [5.74, 6) is 0.570. The van der Waals surface area contributed by atoms with Crippen molar-refractivity contribution < 1.29 is 9.53 Å². The molecule has 7 nitrogen and oxygen atoms in total. The van der Waals surface area contributed by atoms with Gasteiger partial charge in [-0.25, -0.2) is 9.67 Å². The fraction of sp³-hybridized carbons (Fsp3) is 0.111. The molecule has 0 fully saturated rings. The topological polar surface area (TPSA) is 81.9 Å². The van der Waals surface area contributed by atoms with Gasteiger partial charge in [0.2, 0.25) is 0 Å². The van der Waals surface area contributed by atoms with Crippen LogP contribution in [0, 0.1) is 0 Å². The molecule has 0 spiro atoms. The van der Waals surface area contributed by atoms with Gasteiger partial charge in [-0.3, -0.25) is 4.79 Å². The molecule has 2 heterocycles. The largest absolute Gasteiger partial charge is 0.483 e. The normalized spacial score (nSPS) is 10.2. The minimum absolute atomic E-state index is 0.219. The number of hydrogen-bond acceptors (Lipinski definition) is 5. The monoisotopic (exact) mass is 335 g/mol. The lowest BCUT2D eigenvalue weighted by atomic mass is 10.2. The van der Waals surface area contributed by atoms with E-state index in [1.807, 2.05) is 6.07 Å². The van der Waals surface area contributed by atoms with Crippen molar-refractivity contribution in [2.24, 2.45) is 0 Å². The van der Waals surface area contributed by atoms with Gasteiger partial charge in [-0.1, -0.05) is 29.5 Å². The van der Waals surface area contributed by atoms with E-state index in [2.05, 4.69) is 27.2 Å². The molecule has 3 rings (SSSR count). The number of carbonyl (C=O) groups excluding carboxylic acids is 1. The van der Waals surface area contributed by atoms with E-state index in [-0.39, 0.29) is 12.5 Å².